The molecule has 1 aliphatic rings. The second-order valence-electron chi connectivity index (χ2n) is 6.46. The summed E-state index contributed by atoms with van der Waals surface area (Å²) in [5.74, 6) is 0.679. The zero-order valence-corrected chi connectivity index (χ0v) is 14.5. The number of carbonyl (C=O) groups excluding carboxylic acids is 1. The van der Waals surface area contributed by atoms with Gasteiger partial charge in [-0.15, -0.1) is 0 Å². The number of nitrogens with one attached hydrogen (secondary N) is 1. The molecule has 0 bridgehead atoms. The van der Waals surface area contributed by atoms with Crippen molar-refractivity contribution in [2.24, 2.45) is 0 Å². The van der Waals surface area contributed by atoms with E-state index in [9.17, 15) is 9.59 Å². The van der Waals surface area contributed by atoms with Crippen LogP contribution in [-0.2, 0) is 17.8 Å². The largest absolute Gasteiger partial charge is 0.310 e. The quantitative estimate of drug-likeness (QED) is 0.763. The summed E-state index contributed by atoms with van der Waals surface area (Å²) in [6.07, 6.45) is 5.21. The number of hydrogen-bond donors (Lipinski definition) is 1. The van der Waals surface area contributed by atoms with E-state index in [1.807, 2.05) is 19.1 Å². The lowest BCUT2D eigenvalue weighted by molar-refractivity contribution is -0.115. The van der Waals surface area contributed by atoms with E-state index in [-0.39, 0.29) is 23.5 Å². The fourth-order valence-corrected chi connectivity index (χ4v) is 3.09. The molecule has 0 radical (unpaired) electrons. The van der Waals surface area contributed by atoms with Gasteiger partial charge in [0.2, 0.25) is 11.3 Å². The molecular weight excluding hydrogens is 330 g/mol. The zero-order valence-electron chi connectivity index (χ0n) is 14.5. The van der Waals surface area contributed by atoms with E-state index in [1.165, 1.54) is 24.7 Å². The lowest BCUT2D eigenvalue weighted by Gasteiger charge is -2.11. The van der Waals surface area contributed by atoms with Gasteiger partial charge in [-0.3, -0.25) is 14.3 Å². The molecule has 4 rings (SSSR count). The summed E-state index contributed by atoms with van der Waals surface area (Å²) in [6.45, 7) is 2.61. The summed E-state index contributed by atoms with van der Waals surface area (Å²) in [5.41, 5.74) is 2.15. The molecule has 1 fully saturated rings. The van der Waals surface area contributed by atoms with Crippen LogP contribution in [0.15, 0.2) is 41.6 Å². The predicted octanol–water partition coefficient (Wildman–Crippen LogP) is 2.27. The summed E-state index contributed by atoms with van der Waals surface area (Å²) in [7, 11) is 0. The average Bonchev–Trinajstić information content (AvgIpc) is 3.49. The molecule has 132 valence electrons. The Balaban J connectivity index is 1.66. The van der Waals surface area contributed by atoms with Crippen LogP contribution < -0.4 is 10.7 Å². The molecule has 1 N–H and O–H groups in total. The van der Waals surface area contributed by atoms with E-state index in [0.717, 1.165) is 5.52 Å². The Bertz CT molecular complexity index is 1030. The molecule has 0 atom stereocenters. The number of anilines is 1. The SMILES string of the molecule is CCn1nc(CC(=O)Nc2ccncn2)c(=O)c2ccc(C3CC3)cc21. The molecule has 7 heteroatoms. The van der Waals surface area contributed by atoms with Crippen LogP contribution in [0.3, 0.4) is 0 Å². The lowest BCUT2D eigenvalue weighted by atomic mass is 10.1. The van der Waals surface area contributed by atoms with Crippen molar-refractivity contribution >= 4 is 22.6 Å². The van der Waals surface area contributed by atoms with Crippen molar-refractivity contribution in [3.05, 3.63) is 58.3 Å². The summed E-state index contributed by atoms with van der Waals surface area (Å²) in [4.78, 5) is 32.8. The maximum Gasteiger partial charge on any atom is 0.231 e. The van der Waals surface area contributed by atoms with Crippen LogP contribution in [0.5, 0.6) is 0 Å². The first-order valence-electron chi connectivity index (χ1n) is 8.75. The molecule has 1 saturated carbocycles. The molecule has 7 nitrogen and oxygen atoms in total. The summed E-state index contributed by atoms with van der Waals surface area (Å²) >= 11 is 0. The van der Waals surface area contributed by atoms with E-state index < -0.39 is 0 Å². The van der Waals surface area contributed by atoms with Gasteiger partial charge < -0.3 is 5.32 Å². The number of fused-ring (bicyclic) bond motifs is 1. The Morgan fingerprint density at radius 2 is 2.15 bits per heavy atom. The average molecular weight is 349 g/mol. The Morgan fingerprint density at radius 3 is 2.85 bits per heavy atom. The molecule has 1 aliphatic carbocycles. The Hall–Kier alpha value is -3.09. The first kappa shape index (κ1) is 16.4. The van der Waals surface area contributed by atoms with Crippen LogP contribution in [0, 0.1) is 0 Å². The predicted molar refractivity (Wildman–Crippen MR) is 98.0 cm³/mol. The Morgan fingerprint density at radius 1 is 1.31 bits per heavy atom. The number of aromatic nitrogens is 4. The van der Waals surface area contributed by atoms with E-state index in [1.54, 1.807) is 16.9 Å². The molecule has 0 saturated heterocycles. The van der Waals surface area contributed by atoms with Crippen LogP contribution in [0.4, 0.5) is 5.82 Å². The fraction of sp³-hybridized carbons (Fsp3) is 0.316. The van der Waals surface area contributed by atoms with Gasteiger partial charge in [-0.25, -0.2) is 9.97 Å². The highest BCUT2D eigenvalue weighted by molar-refractivity contribution is 5.91. The highest BCUT2D eigenvalue weighted by Gasteiger charge is 2.24. The van der Waals surface area contributed by atoms with E-state index in [2.05, 4.69) is 26.4 Å². The monoisotopic (exact) mass is 349 g/mol. The molecule has 0 spiro atoms. The molecule has 0 unspecified atom stereocenters. The van der Waals surface area contributed by atoms with E-state index in [4.69, 9.17) is 0 Å². The highest BCUT2D eigenvalue weighted by atomic mass is 16.2. The van der Waals surface area contributed by atoms with Crippen molar-refractivity contribution in [2.75, 3.05) is 5.32 Å². The molecule has 1 amide bonds. The summed E-state index contributed by atoms with van der Waals surface area (Å²) in [6, 6.07) is 7.54. The normalized spacial score (nSPS) is 13.7. The molecule has 1 aromatic carbocycles. The van der Waals surface area contributed by atoms with Crippen molar-refractivity contribution in [3.8, 4) is 0 Å². The maximum atomic E-state index is 12.8. The molecule has 2 aromatic heterocycles. The van der Waals surface area contributed by atoms with Gasteiger partial charge in [-0.1, -0.05) is 6.07 Å². The Kier molecular flexibility index (Phi) is 4.20. The molecular formula is C19H19N5O2. The van der Waals surface area contributed by atoms with Crippen LogP contribution in [0.2, 0.25) is 0 Å². The van der Waals surface area contributed by atoms with Gasteiger partial charge in [0.05, 0.1) is 11.9 Å². The first-order chi connectivity index (χ1) is 12.7. The number of nitrogens with zero attached hydrogens (tertiary/aromatic N) is 4. The number of rotatable bonds is 5. The first-order valence-corrected chi connectivity index (χ1v) is 8.75. The van der Waals surface area contributed by atoms with E-state index in [0.29, 0.717) is 23.7 Å². The third-order valence-electron chi connectivity index (χ3n) is 4.57. The minimum absolute atomic E-state index is 0.0941. The summed E-state index contributed by atoms with van der Waals surface area (Å²) < 4.78 is 1.80. The van der Waals surface area contributed by atoms with Crippen LogP contribution in [-0.4, -0.2) is 25.7 Å². The number of benzene rings is 1. The maximum absolute atomic E-state index is 12.8. The van der Waals surface area contributed by atoms with Gasteiger partial charge in [-0.2, -0.15) is 5.10 Å². The van der Waals surface area contributed by atoms with Crippen LogP contribution >= 0.6 is 0 Å². The number of hydrogen-bond acceptors (Lipinski definition) is 5. The van der Waals surface area contributed by atoms with Crippen molar-refractivity contribution in [2.45, 2.75) is 38.6 Å². The zero-order chi connectivity index (χ0) is 18.1. The molecule has 3 aromatic rings. The van der Waals surface area contributed by atoms with Crippen molar-refractivity contribution in [1.82, 2.24) is 19.7 Å². The third-order valence-corrected chi connectivity index (χ3v) is 4.57. The second-order valence-corrected chi connectivity index (χ2v) is 6.46. The summed E-state index contributed by atoms with van der Waals surface area (Å²) in [5, 5.41) is 7.70. The number of amides is 1. The Labute approximate surface area is 150 Å². The molecule has 26 heavy (non-hydrogen) atoms. The van der Waals surface area contributed by atoms with Crippen LogP contribution in [0.25, 0.3) is 10.9 Å². The van der Waals surface area contributed by atoms with Gasteiger partial charge in [0.25, 0.3) is 0 Å². The van der Waals surface area contributed by atoms with Crippen molar-refractivity contribution in [1.29, 1.82) is 0 Å². The van der Waals surface area contributed by atoms with Crippen LogP contribution in [0.1, 0.15) is 36.9 Å². The van der Waals surface area contributed by atoms with Crippen molar-refractivity contribution in [3.63, 3.8) is 0 Å². The van der Waals surface area contributed by atoms with Gasteiger partial charge in [0, 0.05) is 18.1 Å². The van der Waals surface area contributed by atoms with Gasteiger partial charge in [-0.05, 0) is 49.4 Å². The highest BCUT2D eigenvalue weighted by Crippen LogP contribution is 2.40. The fourth-order valence-electron chi connectivity index (χ4n) is 3.09. The smallest absolute Gasteiger partial charge is 0.231 e. The minimum atomic E-state index is -0.329. The van der Waals surface area contributed by atoms with Gasteiger partial charge in [0.1, 0.15) is 17.8 Å². The third kappa shape index (κ3) is 3.20. The second kappa shape index (κ2) is 6.67. The number of aryl methyl sites for hydroxylation is 1. The van der Waals surface area contributed by atoms with Gasteiger partial charge in [0.15, 0.2) is 0 Å². The number of carbonyl (C=O) groups is 1. The van der Waals surface area contributed by atoms with E-state index >= 15 is 0 Å². The lowest BCUT2D eigenvalue weighted by Crippen LogP contribution is -2.24. The van der Waals surface area contributed by atoms with Crippen molar-refractivity contribution < 1.29 is 4.79 Å². The molecule has 2 heterocycles. The molecule has 0 aliphatic heterocycles. The standard InChI is InChI=1S/C19H19N5O2/c1-2-24-16-9-13(12-3-4-12)5-6-14(16)19(26)15(23-24)10-18(25)22-17-7-8-20-11-21-17/h5-9,11-12H,2-4,10H2,1H3,(H,20,21,22,25). The minimum Gasteiger partial charge on any atom is -0.310 e. The topological polar surface area (TPSA) is 89.8 Å². The van der Waals surface area contributed by atoms with Gasteiger partial charge >= 0.3 is 0 Å².